The molecule has 4 aromatic rings. The number of anilines is 3. The van der Waals surface area contributed by atoms with Crippen LogP contribution < -0.4 is 15.5 Å². The summed E-state index contributed by atoms with van der Waals surface area (Å²) >= 11 is 1.11. The molecule has 3 amide bonds. The first-order chi connectivity index (χ1) is 16.9. The van der Waals surface area contributed by atoms with Gasteiger partial charge in [0.25, 0.3) is 5.91 Å². The number of aromatic nitrogens is 2. The third-order valence-electron chi connectivity index (χ3n) is 5.67. The van der Waals surface area contributed by atoms with Crippen molar-refractivity contribution < 1.29 is 18.8 Å². The zero-order chi connectivity index (χ0) is 24.5. The number of furan rings is 1. The largest absolute Gasteiger partial charge is 0.443 e. The van der Waals surface area contributed by atoms with Crippen molar-refractivity contribution in [3.63, 3.8) is 0 Å². The van der Waals surface area contributed by atoms with E-state index in [4.69, 9.17) is 4.42 Å². The smallest absolute Gasteiger partial charge is 0.256 e. The fourth-order valence-corrected chi connectivity index (χ4v) is 4.53. The Labute approximate surface area is 204 Å². The van der Waals surface area contributed by atoms with E-state index in [2.05, 4.69) is 20.6 Å². The van der Waals surface area contributed by atoms with Gasteiger partial charge in [-0.05, 0) is 38.1 Å². The molecule has 1 aliphatic rings. The number of nitrogens with one attached hydrogen (secondary N) is 2. The zero-order valence-electron chi connectivity index (χ0n) is 19.0. The van der Waals surface area contributed by atoms with Crippen molar-refractivity contribution in [3.8, 4) is 0 Å². The Hall–Kier alpha value is -4.18. The normalized spacial score (nSPS) is 12.9. The van der Waals surface area contributed by atoms with E-state index < -0.39 is 0 Å². The molecule has 0 spiro atoms. The zero-order valence-corrected chi connectivity index (χ0v) is 19.8. The molecule has 1 aliphatic heterocycles. The number of thioether (sulfide) groups is 1. The van der Waals surface area contributed by atoms with Crippen LogP contribution in [-0.4, -0.2) is 40.0 Å². The van der Waals surface area contributed by atoms with Crippen LogP contribution in [0.15, 0.2) is 64.2 Å². The Morgan fingerprint density at radius 3 is 2.63 bits per heavy atom. The third kappa shape index (κ3) is 4.47. The number of hydrogen-bond acceptors (Lipinski definition) is 7. The van der Waals surface area contributed by atoms with E-state index in [1.165, 1.54) is 4.90 Å². The lowest BCUT2D eigenvalue weighted by Gasteiger charge is -2.28. The number of carbonyl (C=O) groups excluding carboxylic acids is 3. The predicted molar refractivity (Wildman–Crippen MR) is 134 cm³/mol. The molecule has 5 rings (SSSR count). The minimum Gasteiger partial charge on any atom is -0.443 e. The van der Waals surface area contributed by atoms with Crippen LogP contribution in [0.25, 0.3) is 11.1 Å². The van der Waals surface area contributed by atoms with Gasteiger partial charge in [0.1, 0.15) is 18.1 Å². The average Bonchev–Trinajstić information content (AvgIpc) is 3.15. The Morgan fingerprint density at radius 2 is 1.83 bits per heavy atom. The van der Waals surface area contributed by atoms with Gasteiger partial charge < -0.3 is 20.0 Å². The van der Waals surface area contributed by atoms with Gasteiger partial charge in [-0.15, -0.1) is 0 Å². The molecule has 3 heterocycles. The van der Waals surface area contributed by atoms with E-state index in [0.29, 0.717) is 39.6 Å². The molecule has 2 N–H and O–H groups in total. The van der Waals surface area contributed by atoms with Crippen LogP contribution in [0.1, 0.15) is 21.7 Å². The van der Waals surface area contributed by atoms with Crippen molar-refractivity contribution in [1.29, 1.82) is 0 Å². The van der Waals surface area contributed by atoms with Crippen LogP contribution in [0.3, 0.4) is 0 Å². The van der Waals surface area contributed by atoms with Crippen LogP contribution in [0.4, 0.5) is 17.2 Å². The van der Waals surface area contributed by atoms with Crippen molar-refractivity contribution in [1.82, 2.24) is 9.97 Å². The Balaban J connectivity index is 1.41. The minimum absolute atomic E-state index is 0.00212. The second-order valence-corrected chi connectivity index (χ2v) is 8.91. The lowest BCUT2D eigenvalue weighted by atomic mass is 10.2. The van der Waals surface area contributed by atoms with E-state index >= 15 is 0 Å². The lowest BCUT2D eigenvalue weighted by Crippen LogP contribution is -2.43. The first-order valence-corrected chi connectivity index (χ1v) is 11.9. The van der Waals surface area contributed by atoms with E-state index in [9.17, 15) is 14.4 Å². The molecule has 2 aromatic heterocycles. The molecule has 0 aliphatic carbocycles. The van der Waals surface area contributed by atoms with Gasteiger partial charge in [-0.3, -0.25) is 14.4 Å². The van der Waals surface area contributed by atoms with Gasteiger partial charge in [0, 0.05) is 11.1 Å². The number of amides is 3. The molecule has 2 aromatic carbocycles. The van der Waals surface area contributed by atoms with Crippen molar-refractivity contribution >= 4 is 57.8 Å². The Kier molecular flexibility index (Phi) is 5.96. The molecular formula is C25H21N5O4S. The molecular weight excluding hydrogens is 466 g/mol. The van der Waals surface area contributed by atoms with Crippen molar-refractivity contribution in [2.45, 2.75) is 19.0 Å². The SMILES string of the molecule is Cc1oc2nc(SCC(=O)N3CC(=O)Nc4ccccc43)nc(NC(=O)c3ccccc3)c2c1C. The highest BCUT2D eigenvalue weighted by atomic mass is 32.2. The molecule has 9 nitrogen and oxygen atoms in total. The summed E-state index contributed by atoms with van der Waals surface area (Å²) < 4.78 is 5.79. The van der Waals surface area contributed by atoms with Crippen molar-refractivity contribution in [2.24, 2.45) is 0 Å². The summed E-state index contributed by atoms with van der Waals surface area (Å²) in [6, 6.07) is 16.0. The average molecular weight is 488 g/mol. The molecule has 0 fully saturated rings. The number of carbonyl (C=O) groups is 3. The van der Waals surface area contributed by atoms with Crippen LogP contribution in [-0.2, 0) is 9.59 Å². The maximum atomic E-state index is 13.0. The third-order valence-corrected chi connectivity index (χ3v) is 6.50. The molecule has 0 atom stereocenters. The van der Waals surface area contributed by atoms with E-state index in [1.807, 2.05) is 26.0 Å². The number of fused-ring (bicyclic) bond motifs is 2. The molecule has 35 heavy (non-hydrogen) atoms. The molecule has 0 bridgehead atoms. The summed E-state index contributed by atoms with van der Waals surface area (Å²) in [5.74, 6) is 0.147. The summed E-state index contributed by atoms with van der Waals surface area (Å²) in [5.41, 5.74) is 2.88. The van der Waals surface area contributed by atoms with Crippen LogP contribution >= 0.6 is 11.8 Å². The first-order valence-electron chi connectivity index (χ1n) is 10.9. The number of hydrogen-bond donors (Lipinski definition) is 2. The Bertz CT molecular complexity index is 1470. The molecule has 0 saturated carbocycles. The van der Waals surface area contributed by atoms with Gasteiger partial charge in [-0.1, -0.05) is 42.1 Å². The number of nitrogens with zero attached hydrogens (tertiary/aromatic N) is 3. The van der Waals surface area contributed by atoms with Crippen molar-refractivity contribution in [2.75, 3.05) is 27.8 Å². The number of rotatable bonds is 5. The number of aryl methyl sites for hydroxylation is 2. The minimum atomic E-state index is -0.313. The maximum absolute atomic E-state index is 13.0. The van der Waals surface area contributed by atoms with Crippen molar-refractivity contribution in [3.05, 3.63) is 71.5 Å². The first kappa shape index (κ1) is 22.6. The molecule has 10 heteroatoms. The van der Waals surface area contributed by atoms with E-state index in [0.717, 1.165) is 17.3 Å². The second-order valence-electron chi connectivity index (χ2n) is 7.97. The summed E-state index contributed by atoms with van der Waals surface area (Å²) in [7, 11) is 0. The topological polar surface area (TPSA) is 117 Å². The summed E-state index contributed by atoms with van der Waals surface area (Å²) in [4.78, 5) is 48.3. The van der Waals surface area contributed by atoms with Gasteiger partial charge in [0.15, 0.2) is 5.16 Å². The summed E-state index contributed by atoms with van der Waals surface area (Å²) in [6.45, 7) is 3.62. The van der Waals surface area contributed by atoms with E-state index in [1.54, 1.807) is 42.5 Å². The predicted octanol–water partition coefficient (Wildman–Crippen LogP) is 4.17. The lowest BCUT2D eigenvalue weighted by molar-refractivity contribution is -0.120. The summed E-state index contributed by atoms with van der Waals surface area (Å²) in [6.07, 6.45) is 0. The number of benzene rings is 2. The fourth-order valence-electron chi connectivity index (χ4n) is 3.81. The fraction of sp³-hybridized carbons (Fsp3) is 0.160. The standard InChI is InChI=1S/C25H21N5O4S/c1-14-15(2)34-24-21(14)22(27-23(33)16-8-4-3-5-9-16)28-25(29-24)35-13-20(32)30-12-19(31)26-17-10-6-7-11-18(17)30/h3-11H,12-13H2,1-2H3,(H,26,31)(H,27,28,29,33). The molecule has 0 saturated heterocycles. The van der Waals surface area contributed by atoms with Gasteiger partial charge in [0.2, 0.25) is 17.5 Å². The van der Waals surface area contributed by atoms with Crippen LogP contribution in [0.5, 0.6) is 0 Å². The highest BCUT2D eigenvalue weighted by Gasteiger charge is 2.27. The van der Waals surface area contributed by atoms with E-state index in [-0.39, 0.29) is 35.2 Å². The maximum Gasteiger partial charge on any atom is 0.256 e. The highest BCUT2D eigenvalue weighted by Crippen LogP contribution is 2.33. The quantitative estimate of drug-likeness (QED) is 0.320. The second kappa shape index (κ2) is 9.22. The van der Waals surface area contributed by atoms with Gasteiger partial charge in [0.05, 0.1) is 22.5 Å². The van der Waals surface area contributed by atoms with Crippen LogP contribution in [0.2, 0.25) is 0 Å². The van der Waals surface area contributed by atoms with Crippen LogP contribution in [0, 0.1) is 13.8 Å². The monoisotopic (exact) mass is 487 g/mol. The highest BCUT2D eigenvalue weighted by molar-refractivity contribution is 7.99. The van der Waals surface area contributed by atoms with Gasteiger partial charge in [-0.2, -0.15) is 4.98 Å². The van der Waals surface area contributed by atoms with Gasteiger partial charge in [-0.25, -0.2) is 4.98 Å². The van der Waals surface area contributed by atoms with Gasteiger partial charge >= 0.3 is 0 Å². The number of para-hydroxylation sites is 2. The molecule has 0 radical (unpaired) electrons. The molecule has 176 valence electrons. The summed E-state index contributed by atoms with van der Waals surface area (Å²) in [5, 5.41) is 6.51. The Morgan fingerprint density at radius 1 is 1.09 bits per heavy atom. The molecule has 0 unspecified atom stereocenters.